The first kappa shape index (κ1) is 35.0. The summed E-state index contributed by atoms with van der Waals surface area (Å²) in [6.07, 6.45) is -0.119. The summed E-state index contributed by atoms with van der Waals surface area (Å²) in [6, 6.07) is 16.1. The number of nitrogens with one attached hydrogen (secondary N) is 1. The molecule has 3 rings (SSSR count). The van der Waals surface area contributed by atoms with Gasteiger partial charge in [-0.3, -0.25) is 14.2 Å². The van der Waals surface area contributed by atoms with E-state index >= 15 is 0 Å². The Bertz CT molecular complexity index is 1520. The lowest BCUT2D eigenvalue weighted by molar-refractivity contribution is 0.0503. The van der Waals surface area contributed by atoms with E-state index in [1.165, 1.54) is 4.57 Å². The molecule has 0 saturated heterocycles. The molecule has 0 radical (unpaired) electrons. The van der Waals surface area contributed by atoms with Crippen LogP contribution in [0.15, 0.2) is 59.4 Å². The van der Waals surface area contributed by atoms with E-state index in [-0.39, 0.29) is 49.3 Å². The Balaban J connectivity index is 2.13. The second-order valence-corrected chi connectivity index (χ2v) is 12.4. The molecular weight excluding hydrogens is 572 g/mol. The lowest BCUT2D eigenvalue weighted by Gasteiger charge is -2.36. The predicted molar refractivity (Wildman–Crippen MR) is 173 cm³/mol. The maximum absolute atomic E-state index is 14.2. The first-order valence-electron chi connectivity index (χ1n) is 15.4. The molecule has 242 valence electrons. The van der Waals surface area contributed by atoms with Gasteiger partial charge in [-0.15, -0.1) is 0 Å². The highest BCUT2D eigenvalue weighted by atomic mass is 16.6. The van der Waals surface area contributed by atoms with Gasteiger partial charge < -0.3 is 19.7 Å². The summed E-state index contributed by atoms with van der Waals surface area (Å²) < 4.78 is 12.0. The quantitative estimate of drug-likeness (QED) is 0.200. The van der Waals surface area contributed by atoms with E-state index in [1.54, 1.807) is 51.7 Å². The number of benzene rings is 2. The average molecular weight is 619 g/mol. The molecule has 45 heavy (non-hydrogen) atoms. The van der Waals surface area contributed by atoms with Gasteiger partial charge in [0.25, 0.3) is 11.5 Å². The SMILES string of the molecule is CCOC(=O)c1c(C)nc(C(C(C)C)N(CCCNC(=O)OC(C)(C)C)C(=O)c2ccc(C)cc2)n(Cc2ccccc2)c1=O. The Hall–Kier alpha value is -4.47. The van der Waals surface area contributed by atoms with Crippen LogP contribution < -0.4 is 10.9 Å². The minimum absolute atomic E-state index is 0.114. The third-order valence-corrected chi connectivity index (χ3v) is 7.08. The average Bonchev–Trinajstić information content (AvgIpc) is 2.96. The van der Waals surface area contributed by atoms with Crippen molar-refractivity contribution in [2.45, 2.75) is 80.0 Å². The van der Waals surface area contributed by atoms with Gasteiger partial charge in [-0.2, -0.15) is 0 Å². The van der Waals surface area contributed by atoms with Crippen molar-refractivity contribution < 1.29 is 23.9 Å². The number of rotatable bonds is 12. The van der Waals surface area contributed by atoms with Crippen LogP contribution in [0, 0.1) is 19.8 Å². The summed E-state index contributed by atoms with van der Waals surface area (Å²) in [7, 11) is 0. The minimum Gasteiger partial charge on any atom is -0.462 e. The standard InChI is InChI=1S/C35H46N4O6/c1-9-44-33(42)28-25(5)37-30(39(32(28)41)22-26-14-11-10-12-15-26)29(23(2)3)38(31(40)27-18-16-24(4)17-19-27)21-13-20-36-34(43)45-35(6,7)8/h10-12,14-19,23,29H,9,13,20-22H2,1-8H3,(H,36,43). The van der Waals surface area contributed by atoms with Crippen LogP contribution in [0.25, 0.3) is 0 Å². The predicted octanol–water partition coefficient (Wildman–Crippen LogP) is 5.84. The highest BCUT2D eigenvalue weighted by Crippen LogP contribution is 2.30. The molecule has 10 nitrogen and oxygen atoms in total. The number of hydrogen-bond acceptors (Lipinski definition) is 7. The normalized spacial score (nSPS) is 12.0. The third-order valence-electron chi connectivity index (χ3n) is 7.08. The van der Waals surface area contributed by atoms with Crippen molar-refractivity contribution in [2.24, 2.45) is 5.92 Å². The van der Waals surface area contributed by atoms with Crippen molar-refractivity contribution in [2.75, 3.05) is 19.7 Å². The topological polar surface area (TPSA) is 120 Å². The lowest BCUT2D eigenvalue weighted by Crippen LogP contribution is -2.44. The molecule has 0 aliphatic carbocycles. The summed E-state index contributed by atoms with van der Waals surface area (Å²) in [6.45, 7) is 15.3. The first-order chi connectivity index (χ1) is 21.2. The maximum atomic E-state index is 14.2. The first-order valence-corrected chi connectivity index (χ1v) is 15.4. The second-order valence-electron chi connectivity index (χ2n) is 12.4. The van der Waals surface area contributed by atoms with Crippen LogP contribution in [-0.2, 0) is 16.0 Å². The number of carbonyl (C=O) groups excluding carboxylic acids is 3. The van der Waals surface area contributed by atoms with Gasteiger partial charge in [0.05, 0.1) is 24.9 Å². The van der Waals surface area contributed by atoms with Crippen molar-refractivity contribution in [3.63, 3.8) is 0 Å². The Morgan fingerprint density at radius 1 is 1.00 bits per heavy atom. The fourth-order valence-corrected chi connectivity index (χ4v) is 5.05. The minimum atomic E-state index is -0.734. The number of ether oxygens (including phenoxy) is 2. The van der Waals surface area contributed by atoms with Gasteiger partial charge in [-0.25, -0.2) is 14.6 Å². The highest BCUT2D eigenvalue weighted by Gasteiger charge is 2.34. The second kappa shape index (κ2) is 15.5. The van der Waals surface area contributed by atoms with Gasteiger partial charge in [0.2, 0.25) is 0 Å². The molecule has 0 aliphatic heterocycles. The zero-order chi connectivity index (χ0) is 33.3. The van der Waals surface area contributed by atoms with E-state index in [9.17, 15) is 19.2 Å². The van der Waals surface area contributed by atoms with Crippen molar-refractivity contribution >= 4 is 18.0 Å². The molecule has 1 N–H and O–H groups in total. The molecule has 0 aliphatic rings. The highest BCUT2D eigenvalue weighted by molar-refractivity contribution is 5.94. The number of amides is 2. The summed E-state index contributed by atoms with van der Waals surface area (Å²) in [5.41, 5.74) is 1.28. The van der Waals surface area contributed by atoms with Crippen molar-refractivity contribution in [1.82, 2.24) is 19.8 Å². The molecule has 10 heteroatoms. The molecular formula is C35H46N4O6. The fourth-order valence-electron chi connectivity index (χ4n) is 5.05. The number of nitrogens with zero attached hydrogens (tertiary/aromatic N) is 3. The largest absolute Gasteiger partial charge is 0.462 e. The van der Waals surface area contributed by atoms with Crippen LogP contribution in [0.1, 0.15) is 97.4 Å². The molecule has 0 bridgehead atoms. The van der Waals surface area contributed by atoms with Crippen molar-refractivity contribution in [3.05, 3.63) is 98.7 Å². The number of carbonyl (C=O) groups is 3. The molecule has 1 unspecified atom stereocenters. The Morgan fingerprint density at radius 3 is 2.22 bits per heavy atom. The third kappa shape index (κ3) is 9.51. The molecule has 1 heterocycles. The number of esters is 1. The fraction of sp³-hybridized carbons (Fsp3) is 0.457. The maximum Gasteiger partial charge on any atom is 0.407 e. The van der Waals surface area contributed by atoms with E-state index in [4.69, 9.17) is 14.5 Å². The van der Waals surface area contributed by atoms with Gasteiger partial charge in [0.15, 0.2) is 0 Å². The zero-order valence-electron chi connectivity index (χ0n) is 27.7. The van der Waals surface area contributed by atoms with Crippen LogP contribution >= 0.6 is 0 Å². The smallest absolute Gasteiger partial charge is 0.407 e. The Labute approximate surface area is 265 Å². The molecule has 1 aromatic heterocycles. The Kier molecular flexibility index (Phi) is 12.1. The van der Waals surface area contributed by atoms with Gasteiger partial charge >= 0.3 is 12.1 Å². The van der Waals surface area contributed by atoms with Crippen molar-refractivity contribution in [1.29, 1.82) is 0 Å². The summed E-state index contributed by atoms with van der Waals surface area (Å²) in [5, 5.41) is 2.76. The number of hydrogen-bond donors (Lipinski definition) is 1. The van der Waals surface area contributed by atoms with E-state index < -0.39 is 29.3 Å². The van der Waals surface area contributed by atoms with E-state index in [0.717, 1.165) is 11.1 Å². The van der Waals surface area contributed by atoms with E-state index in [0.29, 0.717) is 17.8 Å². The van der Waals surface area contributed by atoms with Gasteiger partial charge in [0.1, 0.15) is 17.0 Å². The van der Waals surface area contributed by atoms with E-state index in [2.05, 4.69) is 5.32 Å². The molecule has 1 atom stereocenters. The summed E-state index contributed by atoms with van der Waals surface area (Å²) in [5.74, 6) is -0.786. The number of aromatic nitrogens is 2. The molecule has 2 aromatic carbocycles. The zero-order valence-corrected chi connectivity index (χ0v) is 27.7. The lowest BCUT2D eigenvalue weighted by atomic mass is 9.98. The molecule has 0 saturated carbocycles. The summed E-state index contributed by atoms with van der Waals surface area (Å²) >= 11 is 0. The van der Waals surface area contributed by atoms with Crippen LogP contribution in [0.3, 0.4) is 0 Å². The molecule has 0 fully saturated rings. The molecule has 0 spiro atoms. The van der Waals surface area contributed by atoms with Crippen LogP contribution in [-0.4, -0.2) is 57.7 Å². The van der Waals surface area contributed by atoms with Crippen LogP contribution in [0.4, 0.5) is 4.79 Å². The van der Waals surface area contributed by atoms with Gasteiger partial charge in [-0.05, 0) is 71.6 Å². The molecule has 3 aromatic rings. The van der Waals surface area contributed by atoms with E-state index in [1.807, 2.05) is 63.2 Å². The monoisotopic (exact) mass is 618 g/mol. The molecule has 2 amide bonds. The van der Waals surface area contributed by atoms with Gasteiger partial charge in [-0.1, -0.05) is 61.9 Å². The number of alkyl carbamates (subject to hydrolysis) is 1. The van der Waals surface area contributed by atoms with Gasteiger partial charge in [0, 0.05) is 18.7 Å². The van der Waals surface area contributed by atoms with Crippen LogP contribution in [0.2, 0.25) is 0 Å². The Morgan fingerprint density at radius 2 is 1.64 bits per heavy atom. The van der Waals surface area contributed by atoms with Crippen LogP contribution in [0.5, 0.6) is 0 Å². The number of aryl methyl sites for hydroxylation is 2. The van der Waals surface area contributed by atoms with Crippen molar-refractivity contribution in [3.8, 4) is 0 Å². The summed E-state index contributed by atoms with van der Waals surface area (Å²) in [4.78, 5) is 60.0.